The van der Waals surface area contributed by atoms with E-state index in [0.717, 1.165) is 11.3 Å². The molecule has 5 nitrogen and oxygen atoms in total. The van der Waals surface area contributed by atoms with E-state index in [-0.39, 0.29) is 23.9 Å². The highest BCUT2D eigenvalue weighted by Gasteiger charge is 2.34. The van der Waals surface area contributed by atoms with Gasteiger partial charge in [0.15, 0.2) is 0 Å². The van der Waals surface area contributed by atoms with Crippen molar-refractivity contribution in [2.24, 2.45) is 0 Å². The summed E-state index contributed by atoms with van der Waals surface area (Å²) < 4.78 is 18.9. The van der Waals surface area contributed by atoms with Gasteiger partial charge in [-0.1, -0.05) is 24.3 Å². The monoisotopic (exact) mass is 342 g/mol. The summed E-state index contributed by atoms with van der Waals surface area (Å²) >= 11 is 0. The average molecular weight is 342 g/mol. The maximum Gasteiger partial charge on any atom is 0.249 e. The molecule has 25 heavy (non-hydrogen) atoms. The second-order valence-electron chi connectivity index (χ2n) is 5.87. The van der Waals surface area contributed by atoms with Gasteiger partial charge in [-0.2, -0.15) is 0 Å². The first-order chi connectivity index (χ1) is 12.1. The molecule has 1 aliphatic rings. The number of anilines is 1. The zero-order chi connectivity index (χ0) is 17.8. The number of hydrogen-bond acceptors (Lipinski definition) is 3. The Balaban J connectivity index is 1.60. The lowest BCUT2D eigenvalue weighted by atomic mass is 10.1. The van der Waals surface area contributed by atoms with E-state index in [9.17, 15) is 14.0 Å². The molecule has 0 saturated carbocycles. The zero-order valence-corrected chi connectivity index (χ0v) is 13.9. The Hall–Kier alpha value is -2.89. The molecule has 0 spiro atoms. The van der Waals surface area contributed by atoms with Crippen molar-refractivity contribution < 1.29 is 18.7 Å². The highest BCUT2D eigenvalue weighted by Crippen LogP contribution is 2.24. The number of nitrogens with one attached hydrogen (secondary N) is 1. The minimum Gasteiger partial charge on any atom is -0.497 e. The fourth-order valence-electron chi connectivity index (χ4n) is 2.90. The Morgan fingerprint density at radius 2 is 1.96 bits per heavy atom. The van der Waals surface area contributed by atoms with E-state index in [2.05, 4.69) is 5.32 Å². The number of carbonyl (C=O) groups is 2. The third-order valence-electron chi connectivity index (χ3n) is 4.21. The summed E-state index contributed by atoms with van der Waals surface area (Å²) in [4.78, 5) is 26.0. The largest absolute Gasteiger partial charge is 0.497 e. The third-order valence-corrected chi connectivity index (χ3v) is 4.21. The van der Waals surface area contributed by atoms with E-state index in [1.807, 2.05) is 0 Å². The second kappa shape index (κ2) is 7.34. The van der Waals surface area contributed by atoms with Crippen LogP contribution < -0.4 is 15.0 Å². The molecule has 0 bridgehead atoms. The van der Waals surface area contributed by atoms with Crippen LogP contribution in [0.15, 0.2) is 48.5 Å². The first kappa shape index (κ1) is 17.0. The standard InChI is InChI=1S/C19H19FN2O3/c1-25-14-8-6-13(7-9-14)12-18(23)21-16-10-11-22(19(16)24)17-5-3-2-4-15(17)20/h2-9,16H,10-12H2,1H3,(H,21,23). The summed E-state index contributed by atoms with van der Waals surface area (Å²) in [6.45, 7) is 0.382. The number of rotatable bonds is 5. The molecule has 1 unspecified atom stereocenters. The van der Waals surface area contributed by atoms with Crippen molar-refractivity contribution in [1.82, 2.24) is 5.32 Å². The number of para-hydroxylation sites is 1. The number of halogens is 1. The van der Waals surface area contributed by atoms with Crippen molar-refractivity contribution in [1.29, 1.82) is 0 Å². The fraction of sp³-hybridized carbons (Fsp3) is 0.263. The van der Waals surface area contributed by atoms with Crippen LogP contribution in [0.5, 0.6) is 5.75 Å². The van der Waals surface area contributed by atoms with Crippen molar-refractivity contribution >= 4 is 17.5 Å². The number of benzene rings is 2. The van der Waals surface area contributed by atoms with Crippen LogP contribution >= 0.6 is 0 Å². The quantitative estimate of drug-likeness (QED) is 0.907. The molecule has 1 aliphatic heterocycles. The van der Waals surface area contributed by atoms with E-state index >= 15 is 0 Å². The van der Waals surface area contributed by atoms with Gasteiger partial charge in [0, 0.05) is 6.54 Å². The summed E-state index contributed by atoms with van der Waals surface area (Å²) in [5.74, 6) is -0.246. The highest BCUT2D eigenvalue weighted by molar-refractivity contribution is 6.01. The van der Waals surface area contributed by atoms with Crippen LogP contribution in [0, 0.1) is 5.82 Å². The zero-order valence-electron chi connectivity index (χ0n) is 13.9. The first-order valence-corrected chi connectivity index (χ1v) is 8.06. The summed E-state index contributed by atoms with van der Waals surface area (Å²) in [6, 6.07) is 12.7. The SMILES string of the molecule is COc1ccc(CC(=O)NC2CCN(c3ccccc3F)C2=O)cc1. The molecule has 0 aromatic heterocycles. The van der Waals surface area contributed by atoms with Gasteiger partial charge in [-0.05, 0) is 36.2 Å². The first-order valence-electron chi connectivity index (χ1n) is 8.06. The predicted octanol–water partition coefficient (Wildman–Crippen LogP) is 2.30. The topological polar surface area (TPSA) is 58.6 Å². The number of nitrogens with zero attached hydrogens (tertiary/aromatic N) is 1. The van der Waals surface area contributed by atoms with E-state index in [0.29, 0.717) is 13.0 Å². The Labute approximate surface area is 145 Å². The van der Waals surface area contributed by atoms with Crippen molar-refractivity contribution in [3.63, 3.8) is 0 Å². The number of carbonyl (C=O) groups excluding carboxylic acids is 2. The molecule has 1 N–H and O–H groups in total. The van der Waals surface area contributed by atoms with E-state index in [1.165, 1.54) is 11.0 Å². The van der Waals surface area contributed by atoms with Gasteiger partial charge in [-0.15, -0.1) is 0 Å². The number of hydrogen-bond donors (Lipinski definition) is 1. The Bertz CT molecular complexity index is 776. The molecule has 6 heteroatoms. The van der Waals surface area contributed by atoms with Crippen LogP contribution in [0.1, 0.15) is 12.0 Å². The van der Waals surface area contributed by atoms with E-state index in [4.69, 9.17) is 4.74 Å². The molecule has 1 atom stereocenters. The van der Waals surface area contributed by atoms with Crippen LogP contribution in [0.25, 0.3) is 0 Å². The molecule has 1 heterocycles. The van der Waals surface area contributed by atoms with Crippen LogP contribution in [0.2, 0.25) is 0 Å². The molecule has 130 valence electrons. The molecule has 0 aliphatic carbocycles. The van der Waals surface area contributed by atoms with Crippen molar-refractivity contribution in [2.45, 2.75) is 18.9 Å². The van der Waals surface area contributed by atoms with Gasteiger partial charge in [0.1, 0.15) is 17.6 Å². The van der Waals surface area contributed by atoms with E-state index in [1.54, 1.807) is 49.6 Å². The van der Waals surface area contributed by atoms with Gasteiger partial charge in [-0.25, -0.2) is 4.39 Å². The molecule has 1 saturated heterocycles. The van der Waals surface area contributed by atoms with Gasteiger partial charge in [-0.3, -0.25) is 9.59 Å². The van der Waals surface area contributed by atoms with E-state index < -0.39 is 11.9 Å². The minimum atomic E-state index is -0.620. The maximum atomic E-state index is 13.9. The summed E-state index contributed by atoms with van der Waals surface area (Å²) in [5.41, 5.74) is 1.08. The van der Waals surface area contributed by atoms with Crippen molar-refractivity contribution in [3.8, 4) is 5.75 Å². The molecule has 3 rings (SSSR count). The number of methoxy groups -OCH3 is 1. The highest BCUT2D eigenvalue weighted by atomic mass is 19.1. The third kappa shape index (κ3) is 3.79. The molecular formula is C19H19FN2O3. The average Bonchev–Trinajstić information content (AvgIpc) is 2.96. The normalized spacial score (nSPS) is 16.8. The smallest absolute Gasteiger partial charge is 0.249 e. The molecular weight excluding hydrogens is 323 g/mol. The van der Waals surface area contributed by atoms with Gasteiger partial charge >= 0.3 is 0 Å². The van der Waals surface area contributed by atoms with Gasteiger partial charge in [0.2, 0.25) is 11.8 Å². The molecule has 2 amide bonds. The molecule has 1 fully saturated rings. The van der Waals surface area contributed by atoms with Crippen LogP contribution in [0.4, 0.5) is 10.1 Å². The molecule has 2 aromatic carbocycles. The Kier molecular flexibility index (Phi) is 4.97. The maximum absolute atomic E-state index is 13.9. The Morgan fingerprint density at radius 3 is 2.64 bits per heavy atom. The van der Waals surface area contributed by atoms with Crippen molar-refractivity contribution in [2.75, 3.05) is 18.6 Å². The lowest BCUT2D eigenvalue weighted by Gasteiger charge is -2.17. The van der Waals surface area contributed by atoms with Crippen LogP contribution in [-0.4, -0.2) is 31.5 Å². The second-order valence-corrected chi connectivity index (χ2v) is 5.87. The predicted molar refractivity (Wildman–Crippen MR) is 92.0 cm³/mol. The lowest BCUT2D eigenvalue weighted by molar-refractivity contribution is -0.126. The van der Waals surface area contributed by atoms with Gasteiger partial charge in [0.25, 0.3) is 0 Å². The van der Waals surface area contributed by atoms with Crippen LogP contribution in [0.3, 0.4) is 0 Å². The minimum absolute atomic E-state index is 0.174. The summed E-state index contributed by atoms with van der Waals surface area (Å²) in [5, 5.41) is 2.74. The molecule has 2 aromatic rings. The summed E-state index contributed by atoms with van der Waals surface area (Å²) in [7, 11) is 1.58. The number of ether oxygens (including phenoxy) is 1. The fourth-order valence-corrected chi connectivity index (χ4v) is 2.90. The lowest BCUT2D eigenvalue weighted by Crippen LogP contribution is -2.42. The number of amides is 2. The Morgan fingerprint density at radius 1 is 1.24 bits per heavy atom. The van der Waals surface area contributed by atoms with Crippen LogP contribution in [-0.2, 0) is 16.0 Å². The van der Waals surface area contributed by atoms with Crippen molar-refractivity contribution in [3.05, 3.63) is 59.9 Å². The van der Waals surface area contributed by atoms with Gasteiger partial charge < -0.3 is 15.0 Å². The molecule has 0 radical (unpaired) electrons. The van der Waals surface area contributed by atoms with Gasteiger partial charge in [0.05, 0.1) is 19.2 Å². The summed E-state index contributed by atoms with van der Waals surface area (Å²) in [6.07, 6.45) is 0.634.